The van der Waals surface area contributed by atoms with Crippen molar-refractivity contribution < 1.29 is 9.59 Å². The average Bonchev–Trinajstić information content (AvgIpc) is 2.93. The highest BCUT2D eigenvalue weighted by atomic mass is 16.2. The molecule has 100 valence electrons. The fraction of sp³-hybridized carbons (Fsp3) is 0.467. The van der Waals surface area contributed by atoms with Crippen molar-refractivity contribution in [3.63, 3.8) is 0 Å². The number of fused-ring (bicyclic) bond motifs is 1. The van der Waals surface area contributed by atoms with E-state index in [2.05, 4.69) is 0 Å². The molecule has 0 aliphatic carbocycles. The summed E-state index contributed by atoms with van der Waals surface area (Å²) in [4.78, 5) is 28.1. The molecule has 2 atom stereocenters. The molecular weight excluding hydrogens is 240 g/mol. The monoisotopic (exact) mass is 258 g/mol. The normalized spacial score (nSPS) is 24.6. The number of hydrogen-bond donors (Lipinski definition) is 0. The molecule has 0 radical (unpaired) electrons. The highest BCUT2D eigenvalue weighted by Gasteiger charge is 2.43. The summed E-state index contributed by atoms with van der Waals surface area (Å²) in [6.45, 7) is 2.94. The third-order valence-corrected chi connectivity index (χ3v) is 4.20. The molecule has 0 spiro atoms. The predicted octanol–water partition coefficient (Wildman–Crippen LogP) is 1.58. The highest BCUT2D eigenvalue weighted by Crippen LogP contribution is 2.29. The molecule has 2 amide bonds. The first-order valence-corrected chi connectivity index (χ1v) is 6.83. The Labute approximate surface area is 113 Å². The quantitative estimate of drug-likeness (QED) is 0.808. The van der Waals surface area contributed by atoms with E-state index in [1.807, 2.05) is 37.3 Å². The minimum atomic E-state index is -0.215. The number of carbonyl (C=O) groups excluding carboxylic acids is 2. The van der Waals surface area contributed by atoms with Crippen LogP contribution in [0.25, 0.3) is 0 Å². The predicted molar refractivity (Wildman–Crippen MR) is 71.3 cm³/mol. The number of rotatable bonds is 2. The molecule has 2 heterocycles. The van der Waals surface area contributed by atoms with Gasteiger partial charge >= 0.3 is 0 Å². The van der Waals surface area contributed by atoms with E-state index >= 15 is 0 Å². The van der Waals surface area contributed by atoms with Crippen LogP contribution in [0.4, 0.5) is 0 Å². The van der Waals surface area contributed by atoms with E-state index in [-0.39, 0.29) is 30.4 Å². The molecule has 3 rings (SSSR count). The maximum Gasteiger partial charge on any atom is 0.246 e. The molecular formula is C15H18N2O2. The lowest BCUT2D eigenvalue weighted by molar-refractivity contribution is -0.155. The first kappa shape index (κ1) is 12.2. The molecule has 1 aromatic carbocycles. The summed E-state index contributed by atoms with van der Waals surface area (Å²) in [5.41, 5.74) is 1.08. The number of benzene rings is 1. The van der Waals surface area contributed by atoms with E-state index in [0.717, 1.165) is 24.9 Å². The molecule has 2 aliphatic heterocycles. The molecule has 0 bridgehead atoms. The van der Waals surface area contributed by atoms with Crippen LogP contribution in [0.5, 0.6) is 0 Å². The number of nitrogens with zero attached hydrogens (tertiary/aromatic N) is 2. The third kappa shape index (κ3) is 2.01. The van der Waals surface area contributed by atoms with Crippen LogP contribution in [0.3, 0.4) is 0 Å². The van der Waals surface area contributed by atoms with Crippen molar-refractivity contribution in [3.8, 4) is 0 Å². The summed E-state index contributed by atoms with van der Waals surface area (Å²) < 4.78 is 0. The van der Waals surface area contributed by atoms with E-state index < -0.39 is 0 Å². The second kappa shape index (κ2) is 4.68. The van der Waals surface area contributed by atoms with Crippen LogP contribution in [-0.4, -0.2) is 40.7 Å². The van der Waals surface area contributed by atoms with Crippen molar-refractivity contribution in [2.24, 2.45) is 0 Å². The summed E-state index contributed by atoms with van der Waals surface area (Å²) >= 11 is 0. The third-order valence-electron chi connectivity index (χ3n) is 4.20. The maximum atomic E-state index is 12.5. The molecule has 1 aromatic rings. The number of carbonyl (C=O) groups is 2. The van der Waals surface area contributed by atoms with Gasteiger partial charge in [0.05, 0.1) is 6.04 Å². The van der Waals surface area contributed by atoms with Crippen LogP contribution in [-0.2, 0) is 9.59 Å². The van der Waals surface area contributed by atoms with Crippen LogP contribution in [0, 0.1) is 0 Å². The van der Waals surface area contributed by atoms with E-state index in [9.17, 15) is 9.59 Å². The highest BCUT2D eigenvalue weighted by molar-refractivity contribution is 5.95. The molecule has 4 heteroatoms. The fourth-order valence-corrected chi connectivity index (χ4v) is 3.07. The van der Waals surface area contributed by atoms with Crippen LogP contribution >= 0.6 is 0 Å². The van der Waals surface area contributed by atoms with Gasteiger partial charge in [0.2, 0.25) is 11.8 Å². The van der Waals surface area contributed by atoms with Crippen molar-refractivity contribution in [2.75, 3.05) is 13.1 Å². The van der Waals surface area contributed by atoms with Crippen LogP contribution in [0.15, 0.2) is 30.3 Å². The second-order valence-electron chi connectivity index (χ2n) is 5.30. The van der Waals surface area contributed by atoms with Gasteiger partial charge in [0.25, 0.3) is 0 Å². The molecule has 4 nitrogen and oxygen atoms in total. The Kier molecular flexibility index (Phi) is 3.01. The first-order chi connectivity index (χ1) is 9.18. The zero-order valence-corrected chi connectivity index (χ0v) is 11.1. The van der Waals surface area contributed by atoms with Crippen LogP contribution in [0.2, 0.25) is 0 Å². The maximum absolute atomic E-state index is 12.5. The van der Waals surface area contributed by atoms with Gasteiger partial charge in [0, 0.05) is 6.54 Å². The van der Waals surface area contributed by atoms with Gasteiger partial charge in [-0.05, 0) is 25.3 Å². The summed E-state index contributed by atoms with van der Waals surface area (Å²) in [5, 5.41) is 0. The van der Waals surface area contributed by atoms with E-state index in [1.165, 1.54) is 0 Å². The molecule has 0 saturated carbocycles. The first-order valence-electron chi connectivity index (χ1n) is 6.83. The number of piperazine rings is 1. The van der Waals surface area contributed by atoms with Crippen molar-refractivity contribution in [1.29, 1.82) is 0 Å². The molecule has 0 aromatic heterocycles. The Balaban J connectivity index is 1.85. The Morgan fingerprint density at radius 1 is 1.21 bits per heavy atom. The van der Waals surface area contributed by atoms with Gasteiger partial charge in [-0.1, -0.05) is 30.3 Å². The molecule has 19 heavy (non-hydrogen) atoms. The van der Waals surface area contributed by atoms with E-state index in [4.69, 9.17) is 0 Å². The Hall–Kier alpha value is -1.84. The van der Waals surface area contributed by atoms with Gasteiger partial charge in [0.15, 0.2) is 0 Å². The molecule has 0 N–H and O–H groups in total. The van der Waals surface area contributed by atoms with Crippen molar-refractivity contribution >= 4 is 11.8 Å². The zero-order chi connectivity index (χ0) is 13.4. The lowest BCUT2D eigenvalue weighted by Gasteiger charge is -2.39. The molecule has 2 aliphatic rings. The van der Waals surface area contributed by atoms with Gasteiger partial charge in [0.1, 0.15) is 12.6 Å². The Bertz CT molecular complexity index is 500. The summed E-state index contributed by atoms with van der Waals surface area (Å²) in [7, 11) is 0. The lowest BCUT2D eigenvalue weighted by Crippen LogP contribution is -2.57. The van der Waals surface area contributed by atoms with Gasteiger partial charge < -0.3 is 9.80 Å². The minimum Gasteiger partial charge on any atom is -0.329 e. The van der Waals surface area contributed by atoms with Crippen molar-refractivity contribution in [2.45, 2.75) is 31.8 Å². The van der Waals surface area contributed by atoms with Crippen LogP contribution < -0.4 is 0 Å². The standard InChI is InChI=1S/C15H18N2O2/c1-11(12-6-3-2-4-7-12)17-10-14(18)16-9-5-8-13(16)15(17)19/h2-4,6-7,11,13H,5,8-10H2,1H3. The fourth-order valence-electron chi connectivity index (χ4n) is 3.07. The largest absolute Gasteiger partial charge is 0.329 e. The summed E-state index contributed by atoms with van der Waals surface area (Å²) in [6.07, 6.45) is 1.75. The van der Waals surface area contributed by atoms with Crippen molar-refractivity contribution in [1.82, 2.24) is 9.80 Å². The van der Waals surface area contributed by atoms with Crippen LogP contribution in [0.1, 0.15) is 31.4 Å². The van der Waals surface area contributed by atoms with Gasteiger partial charge in [-0.15, -0.1) is 0 Å². The Morgan fingerprint density at radius 3 is 2.68 bits per heavy atom. The van der Waals surface area contributed by atoms with E-state index in [0.29, 0.717) is 0 Å². The molecule has 2 fully saturated rings. The van der Waals surface area contributed by atoms with E-state index in [1.54, 1.807) is 9.80 Å². The van der Waals surface area contributed by atoms with Gasteiger partial charge in [-0.2, -0.15) is 0 Å². The van der Waals surface area contributed by atoms with Gasteiger partial charge in [-0.25, -0.2) is 0 Å². The number of hydrogen-bond acceptors (Lipinski definition) is 2. The Morgan fingerprint density at radius 2 is 1.95 bits per heavy atom. The van der Waals surface area contributed by atoms with Gasteiger partial charge in [-0.3, -0.25) is 9.59 Å². The summed E-state index contributed by atoms with van der Waals surface area (Å²) in [5.74, 6) is 0.193. The zero-order valence-electron chi connectivity index (χ0n) is 11.1. The molecule has 2 unspecified atom stereocenters. The average molecular weight is 258 g/mol. The smallest absolute Gasteiger partial charge is 0.246 e. The summed E-state index contributed by atoms with van der Waals surface area (Å²) in [6, 6.07) is 9.63. The van der Waals surface area contributed by atoms with Crippen molar-refractivity contribution in [3.05, 3.63) is 35.9 Å². The topological polar surface area (TPSA) is 40.6 Å². The molecule has 2 saturated heterocycles. The number of amides is 2. The second-order valence-corrected chi connectivity index (χ2v) is 5.30. The SMILES string of the molecule is CC(c1ccccc1)N1CC(=O)N2CCCC2C1=O. The lowest BCUT2D eigenvalue weighted by atomic mass is 10.0. The minimum absolute atomic E-state index is 0.0413.